The number of carbonyl (C=O) groups excluding carboxylic acids is 2. The monoisotopic (exact) mass is 557 g/mol. The van der Waals surface area contributed by atoms with Crippen LogP contribution in [0.2, 0.25) is 5.02 Å². The van der Waals surface area contributed by atoms with Crippen molar-refractivity contribution < 1.29 is 18.9 Å². The molecule has 0 bridgehead atoms. The maximum atomic E-state index is 13.8. The highest BCUT2D eigenvalue weighted by molar-refractivity contribution is 7.81. The van der Waals surface area contributed by atoms with Crippen LogP contribution in [0.5, 0.6) is 0 Å². The third-order valence-electron chi connectivity index (χ3n) is 6.35. The fraction of sp³-hybridized carbons (Fsp3) is 0.0690. The second kappa shape index (κ2) is 10.3. The van der Waals surface area contributed by atoms with Crippen molar-refractivity contribution in [3.8, 4) is 11.3 Å². The van der Waals surface area contributed by atoms with Crippen LogP contribution in [0.15, 0.2) is 88.9 Å². The highest BCUT2D eigenvalue weighted by Crippen LogP contribution is 2.34. The maximum Gasteiger partial charge on any atom is 0.270 e. The molecule has 1 saturated heterocycles. The molecule has 2 amide bonds. The summed E-state index contributed by atoms with van der Waals surface area (Å²) >= 11 is 11.9. The molecule has 4 aromatic rings. The SMILES string of the molecule is Cc1ccc(N2C(=O)/C(=C/c3ccc(-c4cc([N+](=O)[O-])ccc4Cl)o3)C(=O)N(c3ccccc3)C2=S)cc1C. The topological polar surface area (TPSA) is 96.9 Å². The molecule has 0 atom stereocenters. The Morgan fingerprint density at radius 3 is 2.23 bits per heavy atom. The summed E-state index contributed by atoms with van der Waals surface area (Å²) in [5.74, 6) is -0.785. The van der Waals surface area contributed by atoms with Crippen LogP contribution < -0.4 is 9.80 Å². The summed E-state index contributed by atoms with van der Waals surface area (Å²) in [6.07, 6.45) is 1.34. The van der Waals surface area contributed by atoms with E-state index in [9.17, 15) is 19.7 Å². The summed E-state index contributed by atoms with van der Waals surface area (Å²) in [4.78, 5) is 40.8. The van der Waals surface area contributed by atoms with Crippen molar-refractivity contribution >= 4 is 63.9 Å². The summed E-state index contributed by atoms with van der Waals surface area (Å²) in [5, 5.41) is 11.5. The van der Waals surface area contributed by atoms with Crippen LogP contribution in [0.25, 0.3) is 17.4 Å². The molecule has 0 saturated carbocycles. The Morgan fingerprint density at radius 2 is 1.56 bits per heavy atom. The van der Waals surface area contributed by atoms with Crippen molar-refractivity contribution in [3.63, 3.8) is 0 Å². The number of anilines is 2. The molecule has 5 rings (SSSR count). The van der Waals surface area contributed by atoms with E-state index in [-0.39, 0.29) is 32.9 Å². The standard InChI is InChI=1S/C29H20ClN3O5S/c1-17-8-9-20(14-18(17)2)32-28(35)24(27(34)31(29(32)39)19-6-4-3-5-7-19)16-22-11-13-26(38-22)23-15-21(33(36)37)10-12-25(23)30/h3-16H,1-2H3/b24-16+. The van der Waals surface area contributed by atoms with Crippen LogP contribution in [0.3, 0.4) is 0 Å². The highest BCUT2D eigenvalue weighted by atomic mass is 35.5. The van der Waals surface area contributed by atoms with E-state index in [1.54, 1.807) is 42.5 Å². The summed E-state index contributed by atoms with van der Waals surface area (Å²) in [6, 6.07) is 21.4. The molecule has 39 heavy (non-hydrogen) atoms. The van der Waals surface area contributed by atoms with E-state index in [4.69, 9.17) is 28.2 Å². The first kappa shape index (κ1) is 26.0. The zero-order chi connectivity index (χ0) is 27.8. The molecule has 0 radical (unpaired) electrons. The number of nitrogens with zero attached hydrogens (tertiary/aromatic N) is 3. The summed E-state index contributed by atoms with van der Waals surface area (Å²) in [7, 11) is 0. The van der Waals surface area contributed by atoms with Gasteiger partial charge in [-0.25, -0.2) is 0 Å². The smallest absolute Gasteiger partial charge is 0.270 e. The molecule has 1 aromatic heterocycles. The lowest BCUT2D eigenvalue weighted by molar-refractivity contribution is -0.384. The second-order valence-corrected chi connectivity index (χ2v) is 9.62. The van der Waals surface area contributed by atoms with Crippen LogP contribution in [-0.2, 0) is 9.59 Å². The van der Waals surface area contributed by atoms with Crippen molar-refractivity contribution in [2.75, 3.05) is 9.80 Å². The Balaban J connectivity index is 1.60. The van der Waals surface area contributed by atoms with E-state index >= 15 is 0 Å². The molecule has 10 heteroatoms. The van der Waals surface area contributed by atoms with Gasteiger partial charge >= 0.3 is 0 Å². The first-order chi connectivity index (χ1) is 18.7. The molecule has 0 aliphatic carbocycles. The summed E-state index contributed by atoms with van der Waals surface area (Å²) in [6.45, 7) is 3.89. The Kier molecular flexibility index (Phi) is 6.86. The van der Waals surface area contributed by atoms with Gasteiger partial charge in [0, 0.05) is 17.7 Å². The van der Waals surface area contributed by atoms with Crippen LogP contribution in [0, 0.1) is 24.0 Å². The largest absolute Gasteiger partial charge is 0.457 e. The van der Waals surface area contributed by atoms with Gasteiger partial charge in [0.05, 0.1) is 21.3 Å². The van der Waals surface area contributed by atoms with Gasteiger partial charge in [-0.1, -0.05) is 35.9 Å². The van der Waals surface area contributed by atoms with Crippen LogP contribution >= 0.6 is 23.8 Å². The highest BCUT2D eigenvalue weighted by Gasteiger charge is 2.41. The van der Waals surface area contributed by atoms with Crippen molar-refractivity contribution in [3.05, 3.63) is 116 Å². The van der Waals surface area contributed by atoms with Gasteiger partial charge in [-0.3, -0.25) is 29.5 Å². The van der Waals surface area contributed by atoms with E-state index in [0.717, 1.165) is 11.1 Å². The number of non-ortho nitro benzene ring substituents is 1. The number of hydrogen-bond acceptors (Lipinski definition) is 6. The number of hydrogen-bond donors (Lipinski definition) is 0. The number of carbonyl (C=O) groups is 2. The molecule has 8 nitrogen and oxygen atoms in total. The fourth-order valence-corrected chi connectivity index (χ4v) is 4.75. The predicted octanol–water partition coefficient (Wildman–Crippen LogP) is 6.87. The van der Waals surface area contributed by atoms with Crippen molar-refractivity contribution in [1.82, 2.24) is 0 Å². The minimum Gasteiger partial charge on any atom is -0.457 e. The van der Waals surface area contributed by atoms with E-state index < -0.39 is 16.7 Å². The molecular formula is C29H20ClN3O5S. The third-order valence-corrected chi connectivity index (χ3v) is 7.05. The van der Waals surface area contributed by atoms with E-state index in [0.29, 0.717) is 16.9 Å². The number of nitro benzene ring substituents is 1. The minimum atomic E-state index is -0.609. The average Bonchev–Trinajstić information content (AvgIpc) is 3.38. The van der Waals surface area contributed by atoms with E-state index in [1.165, 1.54) is 34.1 Å². The number of para-hydroxylation sites is 1. The molecule has 0 N–H and O–H groups in total. The van der Waals surface area contributed by atoms with E-state index in [2.05, 4.69) is 0 Å². The molecule has 1 aliphatic heterocycles. The number of furan rings is 1. The summed E-state index contributed by atoms with van der Waals surface area (Å²) < 4.78 is 5.87. The second-order valence-electron chi connectivity index (χ2n) is 8.85. The van der Waals surface area contributed by atoms with Crippen LogP contribution in [0.1, 0.15) is 16.9 Å². The first-order valence-electron chi connectivity index (χ1n) is 11.8. The molecular weight excluding hydrogens is 538 g/mol. The molecule has 3 aromatic carbocycles. The van der Waals surface area contributed by atoms with Gasteiger partial charge in [-0.05, 0) is 85.7 Å². The third kappa shape index (κ3) is 4.85. The Morgan fingerprint density at radius 1 is 0.872 bits per heavy atom. The number of thiocarbonyl (C=S) groups is 1. The normalized spacial score (nSPS) is 14.8. The van der Waals surface area contributed by atoms with Gasteiger partial charge in [0.25, 0.3) is 17.5 Å². The van der Waals surface area contributed by atoms with E-state index in [1.807, 2.05) is 32.0 Å². The lowest BCUT2D eigenvalue weighted by Crippen LogP contribution is -2.57. The number of aryl methyl sites for hydroxylation is 2. The Bertz CT molecular complexity index is 1700. The fourth-order valence-electron chi connectivity index (χ4n) is 4.16. The van der Waals surface area contributed by atoms with Crippen molar-refractivity contribution in [1.29, 1.82) is 0 Å². The van der Waals surface area contributed by atoms with Gasteiger partial charge in [0.2, 0.25) is 0 Å². The molecule has 0 spiro atoms. The molecule has 1 fully saturated rings. The van der Waals surface area contributed by atoms with Gasteiger partial charge in [-0.15, -0.1) is 0 Å². The number of rotatable bonds is 5. The average molecular weight is 558 g/mol. The first-order valence-corrected chi connectivity index (χ1v) is 12.6. The predicted molar refractivity (Wildman–Crippen MR) is 154 cm³/mol. The maximum absolute atomic E-state index is 13.8. The molecule has 2 heterocycles. The molecule has 1 aliphatic rings. The zero-order valence-electron chi connectivity index (χ0n) is 20.8. The molecule has 0 unspecified atom stereocenters. The lowest BCUT2D eigenvalue weighted by atomic mass is 10.1. The van der Waals surface area contributed by atoms with Gasteiger partial charge in [-0.2, -0.15) is 0 Å². The number of halogens is 1. The number of amides is 2. The lowest BCUT2D eigenvalue weighted by Gasteiger charge is -2.36. The number of benzene rings is 3. The summed E-state index contributed by atoms with van der Waals surface area (Å²) in [5.41, 5.74) is 3.01. The minimum absolute atomic E-state index is 0.0279. The van der Waals surface area contributed by atoms with Crippen molar-refractivity contribution in [2.45, 2.75) is 13.8 Å². The zero-order valence-corrected chi connectivity index (χ0v) is 22.3. The quantitative estimate of drug-likeness (QED) is 0.0873. The number of nitro groups is 1. The van der Waals surface area contributed by atoms with Crippen LogP contribution in [0.4, 0.5) is 17.1 Å². The van der Waals surface area contributed by atoms with Gasteiger partial charge in [0.1, 0.15) is 17.1 Å². The Labute approximate surface area is 233 Å². The molecule has 194 valence electrons. The van der Waals surface area contributed by atoms with Gasteiger partial charge < -0.3 is 4.42 Å². The van der Waals surface area contributed by atoms with Crippen LogP contribution in [-0.4, -0.2) is 21.9 Å². The Hall–Kier alpha value is -4.60. The van der Waals surface area contributed by atoms with Crippen molar-refractivity contribution in [2.24, 2.45) is 0 Å². The van der Waals surface area contributed by atoms with Gasteiger partial charge in [0.15, 0.2) is 5.11 Å².